The van der Waals surface area contributed by atoms with Crippen LogP contribution >= 0.6 is 0 Å². The first kappa shape index (κ1) is 24.9. The molecule has 0 amide bonds. The molecule has 1 aromatic rings. The number of hydrogen-bond acceptors (Lipinski definition) is 1. The Bertz CT molecular complexity index is 391. The molecule has 0 bridgehead atoms. The molecule has 0 heterocycles. The van der Waals surface area contributed by atoms with Crippen molar-refractivity contribution in [1.82, 2.24) is 4.90 Å². The van der Waals surface area contributed by atoms with E-state index in [0.717, 1.165) is 12.0 Å². The van der Waals surface area contributed by atoms with E-state index in [-0.39, 0.29) is 31.9 Å². The molecule has 2 fully saturated rings. The average Bonchev–Trinajstić information content (AvgIpc) is 3.13. The van der Waals surface area contributed by atoms with Gasteiger partial charge in [0, 0.05) is 6.04 Å². The second-order valence-electron chi connectivity index (χ2n) is 6.75. The second kappa shape index (κ2) is 13.0. The van der Waals surface area contributed by atoms with E-state index in [1.165, 1.54) is 62.5 Å². The van der Waals surface area contributed by atoms with E-state index in [4.69, 9.17) is 0 Å². The summed E-state index contributed by atoms with van der Waals surface area (Å²) in [5.74, 6) is 0.750. The van der Waals surface area contributed by atoms with Crippen molar-refractivity contribution in [3.8, 4) is 0 Å². The molecule has 2 unspecified atom stereocenters. The van der Waals surface area contributed by atoms with Crippen molar-refractivity contribution in [1.29, 1.82) is 0 Å². The van der Waals surface area contributed by atoms with Gasteiger partial charge in [-0.05, 0) is 45.3 Å². The van der Waals surface area contributed by atoms with E-state index in [9.17, 15) is 0 Å². The van der Waals surface area contributed by atoms with Crippen molar-refractivity contribution >= 4 is 0 Å². The molecule has 0 aromatic heterocycles. The van der Waals surface area contributed by atoms with E-state index in [1.54, 1.807) is 0 Å². The first-order valence-electron chi connectivity index (χ1n) is 8.41. The third-order valence-electron chi connectivity index (χ3n) is 4.86. The molecular weight excluding hydrogens is 322 g/mol. The molecule has 0 aliphatic heterocycles. The minimum atomic E-state index is 0. The van der Waals surface area contributed by atoms with Crippen LogP contribution in [0.5, 0.6) is 0 Å². The fourth-order valence-corrected chi connectivity index (χ4v) is 3.73. The molecule has 1 aromatic carbocycles. The number of nitrogens with zero attached hydrogens (tertiary/aromatic N) is 1. The maximum absolute atomic E-state index is 2.39. The number of likely N-dealkylation sites (N-methyl/N-ethyl adjacent to an activating group) is 1. The molecule has 0 N–H and O–H groups in total. The van der Waals surface area contributed by atoms with Crippen LogP contribution in [-0.2, 0) is 17.1 Å². The smallest absolute Gasteiger partial charge is 0.358 e. The standard InChI is InChI=1S/C14H21N.C5H10.2CH3.Fe/c1-11-6-4-7-12(10-11)13-8-5-9-14(13)15(2)3;1-2-4-5-3-1;;;/h4,6-7,10,13-14H,5,8-9H2,1-3H3;1-5H2;2*1H3;/q;;2*-1;+2. The third-order valence-corrected chi connectivity index (χ3v) is 4.86. The Balaban J connectivity index is 0. The first-order valence-corrected chi connectivity index (χ1v) is 8.41. The van der Waals surface area contributed by atoms with E-state index in [1.807, 2.05) is 0 Å². The minimum Gasteiger partial charge on any atom is -0.358 e. The fraction of sp³-hybridized carbons (Fsp3) is 0.619. The summed E-state index contributed by atoms with van der Waals surface area (Å²) < 4.78 is 0. The van der Waals surface area contributed by atoms with Gasteiger partial charge in [0.15, 0.2) is 0 Å². The summed E-state index contributed by atoms with van der Waals surface area (Å²) in [4.78, 5) is 2.39. The zero-order valence-electron chi connectivity index (χ0n) is 15.9. The Morgan fingerprint density at radius 2 is 1.43 bits per heavy atom. The predicted octanol–water partition coefficient (Wildman–Crippen LogP) is 6.04. The van der Waals surface area contributed by atoms with Gasteiger partial charge in [0.25, 0.3) is 0 Å². The van der Waals surface area contributed by atoms with Crippen molar-refractivity contribution in [2.75, 3.05) is 14.1 Å². The Morgan fingerprint density at radius 1 is 0.870 bits per heavy atom. The molecule has 134 valence electrons. The van der Waals surface area contributed by atoms with Gasteiger partial charge in [0.05, 0.1) is 0 Å². The van der Waals surface area contributed by atoms with Gasteiger partial charge < -0.3 is 19.8 Å². The SMILES string of the molecule is C1CCCC1.Cc1cccc(C2CCCC2N(C)C)c1.[CH3-].[CH3-].[Fe+2]. The molecule has 23 heavy (non-hydrogen) atoms. The van der Waals surface area contributed by atoms with Gasteiger partial charge >= 0.3 is 17.1 Å². The van der Waals surface area contributed by atoms with Crippen LogP contribution in [-0.4, -0.2) is 25.0 Å². The van der Waals surface area contributed by atoms with Gasteiger partial charge in [-0.2, -0.15) is 0 Å². The molecule has 3 rings (SSSR count). The fourth-order valence-electron chi connectivity index (χ4n) is 3.73. The molecule has 0 radical (unpaired) electrons. The van der Waals surface area contributed by atoms with Crippen LogP contribution in [0, 0.1) is 21.8 Å². The van der Waals surface area contributed by atoms with Crippen LogP contribution in [0.15, 0.2) is 24.3 Å². The van der Waals surface area contributed by atoms with E-state index < -0.39 is 0 Å². The van der Waals surface area contributed by atoms with Gasteiger partial charge in [0.1, 0.15) is 0 Å². The Morgan fingerprint density at radius 3 is 1.91 bits per heavy atom. The summed E-state index contributed by atoms with van der Waals surface area (Å²) >= 11 is 0. The molecule has 2 saturated carbocycles. The molecule has 2 heteroatoms. The summed E-state index contributed by atoms with van der Waals surface area (Å²) in [6.07, 6.45) is 11.6. The van der Waals surface area contributed by atoms with Crippen molar-refractivity contribution in [2.24, 2.45) is 0 Å². The zero-order chi connectivity index (χ0) is 14.4. The maximum Gasteiger partial charge on any atom is 2.00 e. The Hall–Kier alpha value is -0.301. The molecule has 2 aliphatic rings. The van der Waals surface area contributed by atoms with Crippen LogP contribution in [0.2, 0.25) is 0 Å². The number of aryl methyl sites for hydroxylation is 1. The summed E-state index contributed by atoms with van der Waals surface area (Å²) in [5.41, 5.74) is 2.92. The number of rotatable bonds is 2. The quantitative estimate of drug-likeness (QED) is 0.459. The molecule has 1 nitrogen and oxygen atoms in total. The van der Waals surface area contributed by atoms with E-state index >= 15 is 0 Å². The second-order valence-corrected chi connectivity index (χ2v) is 6.75. The van der Waals surface area contributed by atoms with Crippen LogP contribution < -0.4 is 0 Å². The summed E-state index contributed by atoms with van der Waals surface area (Å²) in [6, 6.07) is 9.76. The van der Waals surface area contributed by atoms with Crippen LogP contribution in [0.4, 0.5) is 0 Å². The first-order chi connectivity index (χ1) is 9.68. The number of benzene rings is 1. The number of hydrogen-bond donors (Lipinski definition) is 0. The van der Waals surface area contributed by atoms with Gasteiger partial charge in [0.2, 0.25) is 0 Å². The summed E-state index contributed by atoms with van der Waals surface area (Å²) in [7, 11) is 4.41. The van der Waals surface area contributed by atoms with Crippen LogP contribution in [0.3, 0.4) is 0 Å². The molecule has 0 spiro atoms. The minimum absolute atomic E-state index is 0. The van der Waals surface area contributed by atoms with E-state index in [0.29, 0.717) is 0 Å². The normalized spacial score (nSPS) is 22.3. The van der Waals surface area contributed by atoms with Crippen molar-refractivity contribution in [3.05, 3.63) is 50.2 Å². The van der Waals surface area contributed by atoms with Crippen molar-refractivity contribution < 1.29 is 17.1 Å². The molecule has 2 atom stereocenters. The van der Waals surface area contributed by atoms with Crippen LogP contribution in [0.1, 0.15) is 68.4 Å². The van der Waals surface area contributed by atoms with Crippen molar-refractivity contribution in [3.63, 3.8) is 0 Å². The Kier molecular flexibility index (Phi) is 14.1. The van der Waals surface area contributed by atoms with Gasteiger partial charge in [-0.15, -0.1) is 0 Å². The van der Waals surface area contributed by atoms with Crippen LogP contribution in [0.25, 0.3) is 0 Å². The van der Waals surface area contributed by atoms with E-state index in [2.05, 4.69) is 50.2 Å². The largest absolute Gasteiger partial charge is 2.00 e. The van der Waals surface area contributed by atoms with Gasteiger partial charge in [-0.3, -0.25) is 0 Å². The van der Waals surface area contributed by atoms with Gasteiger partial charge in [-0.25, -0.2) is 0 Å². The van der Waals surface area contributed by atoms with Crippen molar-refractivity contribution in [2.45, 2.75) is 70.3 Å². The van der Waals surface area contributed by atoms with Gasteiger partial charge in [-0.1, -0.05) is 68.4 Å². The third kappa shape index (κ3) is 7.88. The summed E-state index contributed by atoms with van der Waals surface area (Å²) in [6.45, 7) is 2.18. The Labute approximate surface area is 156 Å². The molecule has 0 saturated heterocycles. The zero-order valence-corrected chi connectivity index (χ0v) is 17.0. The average molecular weight is 359 g/mol. The molecule has 2 aliphatic carbocycles. The molecular formula is C21H37FeN. The summed E-state index contributed by atoms with van der Waals surface area (Å²) in [5, 5.41) is 0. The monoisotopic (exact) mass is 359 g/mol. The topological polar surface area (TPSA) is 3.24 Å². The predicted molar refractivity (Wildman–Crippen MR) is 101 cm³/mol. The maximum atomic E-state index is 2.39.